The molecule has 4 atom stereocenters. The van der Waals surface area contributed by atoms with E-state index in [1.807, 2.05) is 37.3 Å². The minimum Gasteiger partial charge on any atom is -0.394 e. The predicted molar refractivity (Wildman–Crippen MR) is 107 cm³/mol. The van der Waals surface area contributed by atoms with Crippen LogP contribution in [0.2, 0.25) is 0 Å². The van der Waals surface area contributed by atoms with E-state index < -0.39 is 18.3 Å². The van der Waals surface area contributed by atoms with E-state index in [0.29, 0.717) is 0 Å². The normalized spacial score (nSPS) is 25.3. The van der Waals surface area contributed by atoms with E-state index in [1.165, 1.54) is 10.9 Å². The Morgan fingerprint density at radius 3 is 2.79 bits per heavy atom. The zero-order chi connectivity index (χ0) is 19.8. The molecule has 3 unspecified atom stereocenters. The number of aryl methyl sites for hydroxylation is 1. The minimum atomic E-state index is -1.08. The van der Waals surface area contributed by atoms with Gasteiger partial charge >= 0.3 is 0 Å². The van der Waals surface area contributed by atoms with Gasteiger partial charge in [0.15, 0.2) is 0 Å². The Morgan fingerprint density at radius 1 is 1.18 bits per heavy atom. The third kappa shape index (κ3) is 3.71. The minimum absolute atomic E-state index is 0.226. The zero-order valence-electron chi connectivity index (χ0n) is 15.5. The van der Waals surface area contributed by atoms with Gasteiger partial charge in [0.25, 0.3) is 0 Å². The van der Waals surface area contributed by atoms with E-state index in [0.717, 1.165) is 33.2 Å². The largest absolute Gasteiger partial charge is 0.394 e. The molecule has 4 nitrogen and oxygen atoms in total. The summed E-state index contributed by atoms with van der Waals surface area (Å²) in [4.78, 5) is 1.19. The van der Waals surface area contributed by atoms with Crippen LogP contribution in [0.15, 0.2) is 42.5 Å². The lowest BCUT2D eigenvalue weighted by Crippen LogP contribution is -2.47. The average molecular weight is 402 g/mol. The van der Waals surface area contributed by atoms with Crippen molar-refractivity contribution >= 4 is 21.4 Å². The van der Waals surface area contributed by atoms with Gasteiger partial charge in [0, 0.05) is 22.4 Å². The highest BCUT2D eigenvalue weighted by molar-refractivity contribution is 7.19. The molecule has 2 aromatic carbocycles. The fourth-order valence-corrected chi connectivity index (χ4v) is 5.05. The van der Waals surface area contributed by atoms with Crippen molar-refractivity contribution in [2.75, 3.05) is 6.61 Å². The van der Waals surface area contributed by atoms with Gasteiger partial charge in [-0.05, 0) is 47.2 Å². The number of ether oxygens (including phenoxy) is 1. The predicted octanol–water partition coefficient (Wildman–Crippen LogP) is 3.48. The van der Waals surface area contributed by atoms with Gasteiger partial charge in [0.05, 0.1) is 18.8 Å². The van der Waals surface area contributed by atoms with E-state index in [4.69, 9.17) is 4.74 Å². The van der Waals surface area contributed by atoms with E-state index in [1.54, 1.807) is 17.4 Å². The summed E-state index contributed by atoms with van der Waals surface area (Å²) in [5, 5.41) is 30.3. The van der Waals surface area contributed by atoms with Gasteiger partial charge < -0.3 is 20.1 Å². The van der Waals surface area contributed by atoms with E-state index in [9.17, 15) is 19.7 Å². The lowest BCUT2D eigenvalue weighted by atomic mass is 9.93. The van der Waals surface area contributed by atoms with Gasteiger partial charge in [-0.15, -0.1) is 11.3 Å². The number of benzene rings is 2. The number of thiophene rings is 1. The average Bonchev–Trinajstić information content (AvgIpc) is 2.99. The second-order valence-corrected chi connectivity index (χ2v) is 8.49. The van der Waals surface area contributed by atoms with Crippen LogP contribution in [0.3, 0.4) is 0 Å². The van der Waals surface area contributed by atoms with Gasteiger partial charge in [0.2, 0.25) is 0 Å². The highest BCUT2D eigenvalue weighted by Gasteiger charge is 2.36. The third-order valence-corrected chi connectivity index (χ3v) is 6.71. The maximum atomic E-state index is 13.6. The van der Waals surface area contributed by atoms with Gasteiger partial charge in [-0.3, -0.25) is 0 Å². The van der Waals surface area contributed by atoms with Crippen molar-refractivity contribution < 1.29 is 24.4 Å². The Balaban J connectivity index is 1.59. The molecule has 0 aliphatic carbocycles. The van der Waals surface area contributed by atoms with Crippen molar-refractivity contribution in [3.63, 3.8) is 0 Å². The topological polar surface area (TPSA) is 69.9 Å². The fraction of sp³-hybridized carbons (Fsp3) is 0.364. The molecule has 0 bridgehead atoms. The van der Waals surface area contributed by atoms with Gasteiger partial charge in [-0.25, -0.2) is 4.39 Å². The molecule has 1 aliphatic heterocycles. The Bertz CT molecular complexity index is 986. The molecule has 4 rings (SSSR count). The van der Waals surface area contributed by atoms with Crippen molar-refractivity contribution in [2.24, 2.45) is 0 Å². The molecule has 0 spiro atoms. The Labute approximate surface area is 166 Å². The molecule has 148 valence electrons. The summed E-state index contributed by atoms with van der Waals surface area (Å²) < 4.78 is 20.4. The quantitative estimate of drug-likeness (QED) is 0.625. The first-order valence-electron chi connectivity index (χ1n) is 9.35. The van der Waals surface area contributed by atoms with E-state index in [2.05, 4.69) is 0 Å². The summed E-state index contributed by atoms with van der Waals surface area (Å²) in [6, 6.07) is 12.8. The number of aliphatic hydroxyl groups is 3. The number of aliphatic hydroxyl groups excluding tert-OH is 3. The number of halogens is 1. The Kier molecular flexibility index (Phi) is 5.49. The number of rotatable bonds is 4. The highest BCUT2D eigenvalue weighted by Crippen LogP contribution is 2.35. The molecule has 3 aromatic rings. The second-order valence-electron chi connectivity index (χ2n) is 7.35. The highest BCUT2D eigenvalue weighted by atomic mass is 32.1. The van der Waals surface area contributed by atoms with Crippen molar-refractivity contribution in [1.82, 2.24) is 0 Å². The molecular formula is C22H23FO4S. The molecule has 1 aromatic heterocycles. The standard InChI is InChI=1S/C22H23FO4S/c1-12-16-9-15(23)5-6-20(16)28-21(12)8-13-3-2-4-14(7-13)18-10-17(25)22(26)19(11-24)27-18/h2-7,9,17-19,22,24-26H,8,10-11H2,1H3/t17?,18?,19?,22-/m1/s1. The van der Waals surface area contributed by atoms with Gasteiger partial charge in [0.1, 0.15) is 18.0 Å². The first-order valence-corrected chi connectivity index (χ1v) is 10.2. The van der Waals surface area contributed by atoms with Crippen LogP contribution >= 0.6 is 11.3 Å². The summed E-state index contributed by atoms with van der Waals surface area (Å²) in [6.45, 7) is 1.68. The summed E-state index contributed by atoms with van der Waals surface area (Å²) >= 11 is 1.67. The number of hydrogen-bond donors (Lipinski definition) is 3. The van der Waals surface area contributed by atoms with E-state index >= 15 is 0 Å². The molecule has 3 N–H and O–H groups in total. The van der Waals surface area contributed by atoms with Crippen LogP contribution in [0.5, 0.6) is 0 Å². The Hall–Kier alpha value is -1.83. The van der Waals surface area contributed by atoms with Crippen LogP contribution < -0.4 is 0 Å². The molecule has 0 radical (unpaired) electrons. The molecule has 1 saturated heterocycles. The van der Waals surface area contributed by atoms with Crippen molar-refractivity contribution in [3.8, 4) is 0 Å². The van der Waals surface area contributed by atoms with Crippen LogP contribution in [-0.4, -0.2) is 40.2 Å². The summed E-state index contributed by atoms with van der Waals surface area (Å²) in [5.41, 5.74) is 3.10. The molecule has 2 heterocycles. The second kappa shape index (κ2) is 7.89. The van der Waals surface area contributed by atoms with Crippen molar-refractivity contribution in [1.29, 1.82) is 0 Å². The molecule has 0 saturated carbocycles. The monoisotopic (exact) mass is 402 g/mol. The summed E-state index contributed by atoms with van der Waals surface area (Å²) in [5.74, 6) is -0.226. The first-order chi connectivity index (χ1) is 13.5. The zero-order valence-corrected chi connectivity index (χ0v) is 16.3. The summed E-state index contributed by atoms with van der Waals surface area (Å²) in [6.07, 6.45) is -2.18. The van der Waals surface area contributed by atoms with Crippen LogP contribution in [-0.2, 0) is 11.2 Å². The smallest absolute Gasteiger partial charge is 0.123 e. The maximum Gasteiger partial charge on any atom is 0.123 e. The molecule has 1 fully saturated rings. The maximum absolute atomic E-state index is 13.6. The van der Waals surface area contributed by atoms with Crippen molar-refractivity contribution in [2.45, 2.75) is 44.2 Å². The Morgan fingerprint density at radius 2 is 2.00 bits per heavy atom. The first kappa shape index (κ1) is 19.5. The van der Waals surface area contributed by atoms with Crippen molar-refractivity contribution in [3.05, 3.63) is 69.8 Å². The molecule has 28 heavy (non-hydrogen) atoms. The van der Waals surface area contributed by atoms with E-state index in [-0.39, 0.29) is 24.9 Å². The van der Waals surface area contributed by atoms with Gasteiger partial charge in [-0.2, -0.15) is 0 Å². The third-order valence-electron chi connectivity index (χ3n) is 5.43. The lowest BCUT2D eigenvalue weighted by molar-refractivity contribution is -0.181. The number of fused-ring (bicyclic) bond motifs is 1. The number of hydrogen-bond acceptors (Lipinski definition) is 5. The lowest BCUT2D eigenvalue weighted by Gasteiger charge is -2.36. The fourth-order valence-electron chi connectivity index (χ4n) is 3.82. The van der Waals surface area contributed by atoms with Crippen LogP contribution in [0, 0.1) is 12.7 Å². The molecule has 1 aliphatic rings. The van der Waals surface area contributed by atoms with Gasteiger partial charge in [-0.1, -0.05) is 24.3 Å². The molecular weight excluding hydrogens is 379 g/mol. The van der Waals surface area contributed by atoms with Crippen LogP contribution in [0.1, 0.15) is 34.1 Å². The summed E-state index contributed by atoms with van der Waals surface area (Å²) in [7, 11) is 0. The molecule has 6 heteroatoms. The SMILES string of the molecule is Cc1c(Cc2cccc(C3CC(O)[C@@H](O)C(CO)O3)c2)sc2ccc(F)cc12. The molecule has 0 amide bonds. The van der Waals surface area contributed by atoms with Crippen LogP contribution in [0.4, 0.5) is 4.39 Å². The van der Waals surface area contributed by atoms with Crippen LogP contribution in [0.25, 0.3) is 10.1 Å².